The number of nitrogens with one attached hydrogen (secondary N) is 1. The maximum absolute atomic E-state index is 13.0. The van der Waals surface area contributed by atoms with Gasteiger partial charge in [0, 0.05) is 17.0 Å². The van der Waals surface area contributed by atoms with E-state index in [2.05, 4.69) is 5.32 Å². The van der Waals surface area contributed by atoms with Crippen LogP contribution >= 0.6 is 0 Å². The highest BCUT2D eigenvalue weighted by molar-refractivity contribution is 6.11. The van der Waals surface area contributed by atoms with E-state index in [1.807, 2.05) is 61.5 Å². The summed E-state index contributed by atoms with van der Waals surface area (Å²) in [5.74, 6) is 1.33. The van der Waals surface area contributed by atoms with Crippen molar-refractivity contribution in [1.82, 2.24) is 0 Å². The molecule has 0 saturated heterocycles. The van der Waals surface area contributed by atoms with E-state index in [4.69, 9.17) is 8.83 Å². The average Bonchev–Trinajstić information content (AvgIpc) is 3.35. The van der Waals surface area contributed by atoms with E-state index >= 15 is 0 Å². The van der Waals surface area contributed by atoms with Gasteiger partial charge in [0.05, 0.1) is 18.4 Å². The van der Waals surface area contributed by atoms with Gasteiger partial charge < -0.3 is 14.2 Å². The highest BCUT2D eigenvalue weighted by atomic mass is 16.3. The third-order valence-electron chi connectivity index (χ3n) is 4.58. The summed E-state index contributed by atoms with van der Waals surface area (Å²) in [6.07, 6.45) is 5.58. The average molecular weight is 345 g/mol. The van der Waals surface area contributed by atoms with Crippen molar-refractivity contribution in [3.8, 4) is 0 Å². The molecule has 1 N–H and O–H groups in total. The van der Waals surface area contributed by atoms with Gasteiger partial charge in [-0.1, -0.05) is 18.2 Å². The third kappa shape index (κ3) is 3.14. The molecular formula is C22H19NO3. The van der Waals surface area contributed by atoms with E-state index in [0.717, 1.165) is 34.1 Å². The zero-order chi connectivity index (χ0) is 17.9. The molecule has 0 bridgehead atoms. The van der Waals surface area contributed by atoms with Crippen LogP contribution in [0, 0.1) is 0 Å². The summed E-state index contributed by atoms with van der Waals surface area (Å²) >= 11 is 0. The number of para-hydroxylation sites is 1. The van der Waals surface area contributed by atoms with Gasteiger partial charge in [-0.15, -0.1) is 0 Å². The van der Waals surface area contributed by atoms with Gasteiger partial charge in [-0.05, 0) is 61.4 Å². The van der Waals surface area contributed by atoms with Gasteiger partial charge in [-0.3, -0.25) is 4.79 Å². The second kappa shape index (κ2) is 6.92. The maximum atomic E-state index is 13.0. The number of carbonyl (C=O) groups excluding carboxylic acids is 1. The Morgan fingerprint density at radius 2 is 1.77 bits per heavy atom. The van der Waals surface area contributed by atoms with Gasteiger partial charge in [-0.25, -0.2) is 0 Å². The zero-order valence-corrected chi connectivity index (χ0v) is 14.4. The molecule has 1 aliphatic rings. The Bertz CT molecular complexity index is 948. The van der Waals surface area contributed by atoms with Gasteiger partial charge in [0.25, 0.3) is 0 Å². The molecule has 1 atom stereocenters. The minimum Gasteiger partial charge on any atom is -0.469 e. The monoisotopic (exact) mass is 345 g/mol. The number of allylic oxidation sites excluding steroid dienone is 4. The number of furan rings is 2. The lowest BCUT2D eigenvalue weighted by Gasteiger charge is -2.25. The summed E-state index contributed by atoms with van der Waals surface area (Å²) in [7, 11) is 0. The standard InChI is InChI=1S/C22H19NO3/c1-15(23-17-7-3-2-4-8-17)22-18(21-10-6-12-26-21)13-16(14-19(22)24)20-9-5-11-25-20/h2-12,14,18,23H,13H2,1H3/t18-/m0/s1. The summed E-state index contributed by atoms with van der Waals surface area (Å²) in [4.78, 5) is 13.0. The van der Waals surface area contributed by atoms with E-state index in [-0.39, 0.29) is 11.7 Å². The van der Waals surface area contributed by atoms with Crippen molar-refractivity contribution in [1.29, 1.82) is 0 Å². The summed E-state index contributed by atoms with van der Waals surface area (Å²) in [6.45, 7) is 1.93. The second-order valence-corrected chi connectivity index (χ2v) is 6.31. The predicted molar refractivity (Wildman–Crippen MR) is 101 cm³/mol. The van der Waals surface area contributed by atoms with E-state index < -0.39 is 0 Å². The van der Waals surface area contributed by atoms with Crippen LogP contribution in [0.3, 0.4) is 0 Å². The zero-order valence-electron chi connectivity index (χ0n) is 14.4. The molecule has 0 aliphatic heterocycles. The Labute approximate surface area is 151 Å². The van der Waals surface area contributed by atoms with Crippen LogP contribution in [-0.2, 0) is 4.79 Å². The lowest BCUT2D eigenvalue weighted by Crippen LogP contribution is -2.19. The molecule has 0 radical (unpaired) electrons. The number of carbonyl (C=O) groups is 1. The predicted octanol–water partition coefficient (Wildman–Crippen LogP) is 5.40. The SMILES string of the molecule is CC(Nc1ccccc1)=C1C(=O)C=C(c2ccco2)C[C@H]1c1ccco1. The van der Waals surface area contributed by atoms with Crippen LogP contribution in [0.15, 0.2) is 93.3 Å². The van der Waals surface area contributed by atoms with Crippen LogP contribution in [0.1, 0.15) is 30.8 Å². The Morgan fingerprint density at radius 3 is 2.46 bits per heavy atom. The van der Waals surface area contributed by atoms with Crippen molar-refractivity contribution < 1.29 is 13.6 Å². The summed E-state index contributed by atoms with van der Waals surface area (Å²) in [5.41, 5.74) is 3.39. The van der Waals surface area contributed by atoms with Crippen LogP contribution in [0.4, 0.5) is 5.69 Å². The number of ketones is 1. The van der Waals surface area contributed by atoms with Crippen LogP contribution in [0.25, 0.3) is 5.57 Å². The number of hydrogen-bond acceptors (Lipinski definition) is 4. The quantitative estimate of drug-likeness (QED) is 0.643. The number of benzene rings is 1. The molecule has 0 amide bonds. The third-order valence-corrected chi connectivity index (χ3v) is 4.58. The fourth-order valence-electron chi connectivity index (χ4n) is 3.41. The van der Waals surface area contributed by atoms with Crippen LogP contribution < -0.4 is 5.32 Å². The molecule has 2 aromatic heterocycles. The fourth-order valence-corrected chi connectivity index (χ4v) is 3.41. The van der Waals surface area contributed by atoms with Crippen LogP contribution in [0.2, 0.25) is 0 Å². The molecule has 4 heteroatoms. The van der Waals surface area contributed by atoms with Crippen molar-refractivity contribution in [3.05, 3.63) is 96.0 Å². The molecule has 0 spiro atoms. The molecule has 2 heterocycles. The largest absolute Gasteiger partial charge is 0.469 e. The highest BCUT2D eigenvalue weighted by Gasteiger charge is 2.32. The fraction of sp³-hybridized carbons (Fsp3) is 0.136. The molecule has 130 valence electrons. The molecule has 1 aromatic carbocycles. The molecule has 0 saturated carbocycles. The topological polar surface area (TPSA) is 55.4 Å². The Morgan fingerprint density at radius 1 is 1.00 bits per heavy atom. The first-order chi connectivity index (χ1) is 12.7. The van der Waals surface area contributed by atoms with E-state index in [1.165, 1.54) is 0 Å². The van der Waals surface area contributed by atoms with Crippen molar-refractivity contribution in [3.63, 3.8) is 0 Å². The van der Waals surface area contributed by atoms with Crippen LogP contribution in [0.5, 0.6) is 0 Å². The second-order valence-electron chi connectivity index (χ2n) is 6.31. The molecule has 26 heavy (non-hydrogen) atoms. The summed E-state index contributed by atoms with van der Waals surface area (Å²) < 4.78 is 11.1. The Balaban J connectivity index is 1.75. The Hall–Kier alpha value is -3.27. The number of anilines is 1. The van der Waals surface area contributed by atoms with Gasteiger partial charge in [0.2, 0.25) is 0 Å². The van der Waals surface area contributed by atoms with E-state index in [0.29, 0.717) is 6.42 Å². The molecular weight excluding hydrogens is 326 g/mol. The minimum absolute atomic E-state index is 0.0232. The maximum Gasteiger partial charge on any atom is 0.184 e. The van der Waals surface area contributed by atoms with Gasteiger partial charge >= 0.3 is 0 Å². The molecule has 4 nitrogen and oxygen atoms in total. The summed E-state index contributed by atoms with van der Waals surface area (Å²) in [5, 5.41) is 3.35. The van der Waals surface area contributed by atoms with Gasteiger partial charge in [0.1, 0.15) is 11.5 Å². The van der Waals surface area contributed by atoms with Crippen molar-refractivity contribution in [2.75, 3.05) is 5.32 Å². The molecule has 4 rings (SSSR count). The molecule has 0 fully saturated rings. The van der Waals surface area contributed by atoms with Crippen molar-refractivity contribution in [2.24, 2.45) is 0 Å². The van der Waals surface area contributed by atoms with E-state index in [9.17, 15) is 4.79 Å². The smallest absolute Gasteiger partial charge is 0.184 e. The molecule has 3 aromatic rings. The number of hydrogen-bond donors (Lipinski definition) is 1. The van der Waals surface area contributed by atoms with Gasteiger partial charge in [0.15, 0.2) is 5.78 Å². The van der Waals surface area contributed by atoms with Crippen molar-refractivity contribution >= 4 is 17.0 Å². The van der Waals surface area contributed by atoms with Crippen LogP contribution in [-0.4, -0.2) is 5.78 Å². The lowest BCUT2D eigenvalue weighted by atomic mass is 9.80. The summed E-state index contributed by atoms with van der Waals surface area (Å²) in [6, 6.07) is 17.3. The lowest BCUT2D eigenvalue weighted by molar-refractivity contribution is -0.111. The first-order valence-electron chi connectivity index (χ1n) is 8.57. The highest BCUT2D eigenvalue weighted by Crippen LogP contribution is 2.41. The molecule has 1 aliphatic carbocycles. The van der Waals surface area contributed by atoms with Gasteiger partial charge in [-0.2, -0.15) is 0 Å². The Kier molecular flexibility index (Phi) is 4.32. The minimum atomic E-state index is -0.154. The molecule has 0 unspecified atom stereocenters. The first-order valence-corrected chi connectivity index (χ1v) is 8.57. The first kappa shape index (κ1) is 16.2. The van der Waals surface area contributed by atoms with Crippen molar-refractivity contribution in [2.45, 2.75) is 19.3 Å². The normalized spacial score (nSPS) is 19.2. The van der Waals surface area contributed by atoms with E-state index in [1.54, 1.807) is 18.6 Å². The number of rotatable bonds is 4.